The summed E-state index contributed by atoms with van der Waals surface area (Å²) in [5, 5.41) is 8.53. The molecule has 1 N–H and O–H groups in total. The Bertz CT molecular complexity index is 258. The molecule has 0 aromatic rings. The lowest BCUT2D eigenvalue weighted by Crippen LogP contribution is -1.93. The average Bonchev–Trinajstić information content (AvgIpc) is 2.50. The van der Waals surface area contributed by atoms with Crippen LogP contribution in [0.25, 0.3) is 0 Å². The van der Waals surface area contributed by atoms with Crippen molar-refractivity contribution in [2.75, 3.05) is 0 Å². The van der Waals surface area contributed by atoms with Crippen LogP contribution in [-0.2, 0) is 4.79 Å². The third-order valence-electron chi connectivity index (χ3n) is 4.15. The highest BCUT2D eigenvalue weighted by Crippen LogP contribution is 2.11. The molecule has 0 heterocycles. The van der Waals surface area contributed by atoms with E-state index in [9.17, 15) is 4.79 Å². The lowest BCUT2D eigenvalue weighted by molar-refractivity contribution is -0.137. The molecule has 0 rings (SSSR count). The molecule has 0 bridgehead atoms. The molecular formula is C20H38O2. The second-order valence-corrected chi connectivity index (χ2v) is 6.44. The quantitative estimate of drug-likeness (QED) is 0.234. The lowest BCUT2D eigenvalue weighted by atomic mass is 10.1. The molecule has 2 nitrogen and oxygen atoms in total. The van der Waals surface area contributed by atoms with E-state index in [1.165, 1.54) is 83.5 Å². The molecule has 0 aliphatic heterocycles. The largest absolute Gasteiger partial charge is 0.481 e. The van der Waals surface area contributed by atoms with E-state index in [1.807, 2.05) is 0 Å². The fraction of sp³-hybridized carbons (Fsp3) is 0.850. The van der Waals surface area contributed by atoms with E-state index in [4.69, 9.17) is 5.11 Å². The SMILES string of the molecule is CCCCCC/C=C\CCCCCCCCCCCC(=O)O. The standard InChI is InChI=1S/C20H38O2/c1-2-3-4-5-6-7-8-9-10-11-12-13-14-15-16-17-18-19-20(21)22/h7-8H,2-6,9-19H2,1H3,(H,21,22)/b8-7-. The van der Waals surface area contributed by atoms with Gasteiger partial charge in [0.05, 0.1) is 0 Å². The Hall–Kier alpha value is -0.790. The van der Waals surface area contributed by atoms with Crippen molar-refractivity contribution in [3.63, 3.8) is 0 Å². The first-order valence-electron chi connectivity index (χ1n) is 9.64. The van der Waals surface area contributed by atoms with E-state index in [-0.39, 0.29) is 0 Å². The molecule has 0 saturated carbocycles. The summed E-state index contributed by atoms with van der Waals surface area (Å²) in [4.78, 5) is 10.4. The third-order valence-corrected chi connectivity index (χ3v) is 4.15. The molecule has 0 aliphatic carbocycles. The van der Waals surface area contributed by atoms with E-state index in [0.29, 0.717) is 6.42 Å². The number of allylic oxidation sites excluding steroid dienone is 2. The molecule has 0 unspecified atom stereocenters. The van der Waals surface area contributed by atoms with Crippen LogP contribution >= 0.6 is 0 Å². The van der Waals surface area contributed by atoms with Gasteiger partial charge in [0.2, 0.25) is 0 Å². The average molecular weight is 311 g/mol. The van der Waals surface area contributed by atoms with Gasteiger partial charge in [-0.1, -0.05) is 83.3 Å². The van der Waals surface area contributed by atoms with E-state index in [1.54, 1.807) is 0 Å². The molecule has 0 aliphatic rings. The summed E-state index contributed by atoms with van der Waals surface area (Å²) < 4.78 is 0. The van der Waals surface area contributed by atoms with Crippen molar-refractivity contribution in [1.82, 2.24) is 0 Å². The van der Waals surface area contributed by atoms with Gasteiger partial charge in [-0.05, 0) is 32.1 Å². The van der Waals surface area contributed by atoms with Gasteiger partial charge >= 0.3 is 5.97 Å². The third kappa shape index (κ3) is 19.2. The van der Waals surface area contributed by atoms with Crippen molar-refractivity contribution in [3.8, 4) is 0 Å². The van der Waals surface area contributed by atoms with Crippen LogP contribution in [0.3, 0.4) is 0 Å². The fourth-order valence-corrected chi connectivity index (χ4v) is 2.70. The van der Waals surface area contributed by atoms with E-state index >= 15 is 0 Å². The molecule has 0 atom stereocenters. The summed E-state index contributed by atoms with van der Waals surface area (Å²) in [5.41, 5.74) is 0. The van der Waals surface area contributed by atoms with Crippen molar-refractivity contribution in [3.05, 3.63) is 12.2 Å². The Labute approximate surface area is 138 Å². The van der Waals surface area contributed by atoms with Crippen molar-refractivity contribution in [2.45, 2.75) is 110 Å². The van der Waals surface area contributed by atoms with Crippen LogP contribution in [0.2, 0.25) is 0 Å². The number of carbonyl (C=O) groups is 1. The highest BCUT2D eigenvalue weighted by atomic mass is 16.4. The summed E-state index contributed by atoms with van der Waals surface area (Å²) in [6, 6.07) is 0. The van der Waals surface area contributed by atoms with Crippen LogP contribution in [0, 0.1) is 0 Å². The van der Waals surface area contributed by atoms with Crippen LogP contribution in [-0.4, -0.2) is 11.1 Å². The predicted molar refractivity (Wildman–Crippen MR) is 96.3 cm³/mol. The van der Waals surface area contributed by atoms with Gasteiger partial charge in [0.25, 0.3) is 0 Å². The fourth-order valence-electron chi connectivity index (χ4n) is 2.70. The second kappa shape index (κ2) is 18.3. The molecule has 130 valence electrons. The zero-order valence-corrected chi connectivity index (χ0v) is 14.8. The maximum absolute atomic E-state index is 10.4. The number of unbranched alkanes of at least 4 members (excludes halogenated alkanes) is 13. The van der Waals surface area contributed by atoms with E-state index < -0.39 is 5.97 Å². The molecule has 0 spiro atoms. The number of carboxylic acids is 1. The summed E-state index contributed by atoms with van der Waals surface area (Å²) >= 11 is 0. The van der Waals surface area contributed by atoms with E-state index in [0.717, 1.165) is 12.8 Å². The lowest BCUT2D eigenvalue weighted by Gasteiger charge is -2.01. The van der Waals surface area contributed by atoms with Crippen LogP contribution < -0.4 is 0 Å². The number of hydrogen-bond donors (Lipinski definition) is 1. The van der Waals surface area contributed by atoms with Gasteiger partial charge in [0.1, 0.15) is 0 Å². The zero-order chi connectivity index (χ0) is 16.3. The molecule has 0 aromatic carbocycles. The molecule has 0 fully saturated rings. The van der Waals surface area contributed by atoms with Gasteiger partial charge in [0.15, 0.2) is 0 Å². The zero-order valence-electron chi connectivity index (χ0n) is 14.8. The maximum atomic E-state index is 10.4. The monoisotopic (exact) mass is 310 g/mol. The van der Waals surface area contributed by atoms with Gasteiger partial charge in [-0.15, -0.1) is 0 Å². The van der Waals surface area contributed by atoms with Crippen molar-refractivity contribution >= 4 is 5.97 Å². The Balaban J connectivity index is 3.05. The van der Waals surface area contributed by atoms with Gasteiger partial charge in [-0.2, -0.15) is 0 Å². The molecule has 2 heteroatoms. The minimum Gasteiger partial charge on any atom is -0.481 e. The van der Waals surface area contributed by atoms with Crippen LogP contribution in [0.4, 0.5) is 0 Å². The van der Waals surface area contributed by atoms with Gasteiger partial charge in [0, 0.05) is 6.42 Å². The first kappa shape index (κ1) is 21.2. The van der Waals surface area contributed by atoms with Crippen molar-refractivity contribution in [2.24, 2.45) is 0 Å². The Morgan fingerprint density at radius 3 is 1.55 bits per heavy atom. The molecule has 0 saturated heterocycles. The first-order valence-corrected chi connectivity index (χ1v) is 9.64. The van der Waals surface area contributed by atoms with Crippen molar-refractivity contribution < 1.29 is 9.90 Å². The Morgan fingerprint density at radius 1 is 0.682 bits per heavy atom. The van der Waals surface area contributed by atoms with Crippen LogP contribution in [0.5, 0.6) is 0 Å². The van der Waals surface area contributed by atoms with Crippen molar-refractivity contribution in [1.29, 1.82) is 0 Å². The summed E-state index contributed by atoms with van der Waals surface area (Å²) in [7, 11) is 0. The summed E-state index contributed by atoms with van der Waals surface area (Å²) in [6.45, 7) is 2.26. The minimum atomic E-state index is -0.657. The first-order chi connectivity index (χ1) is 10.8. The highest BCUT2D eigenvalue weighted by molar-refractivity contribution is 5.66. The molecule has 0 aromatic heterocycles. The summed E-state index contributed by atoms with van der Waals surface area (Å²) in [5.74, 6) is -0.657. The topological polar surface area (TPSA) is 37.3 Å². The highest BCUT2D eigenvalue weighted by Gasteiger charge is 1.96. The predicted octanol–water partition coefficient (Wildman–Crippen LogP) is 6.89. The summed E-state index contributed by atoms with van der Waals surface area (Å²) in [6.07, 6.45) is 24.2. The van der Waals surface area contributed by atoms with Gasteiger partial charge in [-0.3, -0.25) is 4.79 Å². The molecule has 0 amide bonds. The Kier molecular flexibility index (Phi) is 17.6. The number of rotatable bonds is 17. The molecular weight excluding hydrogens is 272 g/mol. The van der Waals surface area contributed by atoms with Crippen LogP contribution in [0.1, 0.15) is 110 Å². The van der Waals surface area contributed by atoms with Gasteiger partial charge < -0.3 is 5.11 Å². The smallest absolute Gasteiger partial charge is 0.303 e. The number of aliphatic carboxylic acids is 1. The molecule has 0 radical (unpaired) electrons. The molecule has 22 heavy (non-hydrogen) atoms. The normalized spacial score (nSPS) is 11.3. The van der Waals surface area contributed by atoms with Crippen LogP contribution in [0.15, 0.2) is 12.2 Å². The minimum absolute atomic E-state index is 0.339. The Morgan fingerprint density at radius 2 is 1.09 bits per heavy atom. The second-order valence-electron chi connectivity index (χ2n) is 6.44. The maximum Gasteiger partial charge on any atom is 0.303 e. The number of carboxylic acid groups (broad SMARTS) is 1. The van der Waals surface area contributed by atoms with E-state index in [2.05, 4.69) is 19.1 Å². The van der Waals surface area contributed by atoms with Gasteiger partial charge in [-0.25, -0.2) is 0 Å². The number of hydrogen-bond acceptors (Lipinski definition) is 1.